The number of hydrazone groups is 1. The lowest BCUT2D eigenvalue weighted by Crippen LogP contribution is -2.13. The Balaban J connectivity index is 2.72. The second-order valence-corrected chi connectivity index (χ2v) is 3.62. The summed E-state index contributed by atoms with van der Waals surface area (Å²) in [4.78, 5) is 11.1. The van der Waals surface area contributed by atoms with Gasteiger partial charge in [-0.05, 0) is 25.1 Å². The van der Waals surface area contributed by atoms with Crippen LogP contribution in [0.5, 0.6) is 0 Å². The highest BCUT2D eigenvalue weighted by atomic mass is 35.5. The van der Waals surface area contributed by atoms with Crippen LogP contribution < -0.4 is 5.43 Å². The summed E-state index contributed by atoms with van der Waals surface area (Å²) in [5.74, 6) is -1.22. The Labute approximate surface area is 107 Å². The molecular formula is C10H9Cl2FN2O2. The first-order chi connectivity index (χ1) is 8.04. The third kappa shape index (κ3) is 4.20. The van der Waals surface area contributed by atoms with Gasteiger partial charge < -0.3 is 4.74 Å². The summed E-state index contributed by atoms with van der Waals surface area (Å²) in [5, 5.41) is 3.31. The van der Waals surface area contributed by atoms with Crippen LogP contribution in [-0.2, 0) is 9.53 Å². The number of carbonyl (C=O) groups is 1. The van der Waals surface area contributed by atoms with E-state index in [1.165, 1.54) is 12.1 Å². The molecule has 0 aromatic heterocycles. The second-order valence-electron chi connectivity index (χ2n) is 2.86. The van der Waals surface area contributed by atoms with Crippen molar-refractivity contribution in [1.82, 2.24) is 0 Å². The molecule has 1 rings (SSSR count). The molecule has 17 heavy (non-hydrogen) atoms. The van der Waals surface area contributed by atoms with Crippen LogP contribution in [-0.4, -0.2) is 17.7 Å². The Hall–Kier alpha value is -1.33. The van der Waals surface area contributed by atoms with Gasteiger partial charge in [0.05, 0.1) is 17.3 Å². The van der Waals surface area contributed by atoms with E-state index >= 15 is 0 Å². The van der Waals surface area contributed by atoms with Crippen LogP contribution in [0.15, 0.2) is 23.3 Å². The summed E-state index contributed by atoms with van der Waals surface area (Å²) in [6, 6.07) is 3.68. The maximum absolute atomic E-state index is 12.7. The first-order valence-electron chi connectivity index (χ1n) is 4.66. The van der Waals surface area contributed by atoms with Crippen molar-refractivity contribution in [2.45, 2.75) is 6.92 Å². The topological polar surface area (TPSA) is 50.7 Å². The third-order valence-electron chi connectivity index (χ3n) is 1.65. The molecule has 0 bridgehead atoms. The highest BCUT2D eigenvalue weighted by Gasteiger charge is 2.09. The predicted octanol–water partition coefficient (Wildman–Crippen LogP) is 3.01. The molecule has 0 aliphatic carbocycles. The minimum Gasteiger partial charge on any atom is -0.461 e. The van der Waals surface area contributed by atoms with Gasteiger partial charge in [0.2, 0.25) is 5.17 Å². The molecule has 0 heterocycles. The summed E-state index contributed by atoms with van der Waals surface area (Å²) in [7, 11) is 0. The molecular weight excluding hydrogens is 270 g/mol. The maximum atomic E-state index is 12.7. The smallest absolute Gasteiger partial charge is 0.370 e. The Kier molecular flexibility index (Phi) is 5.18. The number of benzene rings is 1. The van der Waals surface area contributed by atoms with Crippen LogP contribution in [0.1, 0.15) is 6.92 Å². The normalized spacial score (nSPS) is 11.2. The molecule has 0 aliphatic rings. The third-order valence-corrected chi connectivity index (χ3v) is 2.20. The molecule has 4 nitrogen and oxygen atoms in total. The Morgan fingerprint density at radius 3 is 2.88 bits per heavy atom. The van der Waals surface area contributed by atoms with E-state index in [2.05, 4.69) is 15.3 Å². The standard InChI is InChI=1S/C10H9Cl2FN2O2/c1-2-17-10(16)9(12)15-14-8-4-3-6(13)5-7(8)11/h3-5,14H,2H2,1H3. The molecule has 0 spiro atoms. The summed E-state index contributed by atoms with van der Waals surface area (Å²) in [6.45, 7) is 1.84. The number of hydrogen-bond acceptors (Lipinski definition) is 4. The van der Waals surface area contributed by atoms with Crippen molar-refractivity contribution >= 4 is 40.0 Å². The molecule has 1 aromatic rings. The van der Waals surface area contributed by atoms with Crippen molar-refractivity contribution < 1.29 is 13.9 Å². The number of nitrogens with one attached hydrogen (secondary N) is 1. The molecule has 1 N–H and O–H groups in total. The van der Waals surface area contributed by atoms with Crippen molar-refractivity contribution in [1.29, 1.82) is 0 Å². The van der Waals surface area contributed by atoms with E-state index in [0.29, 0.717) is 5.69 Å². The summed E-state index contributed by atoms with van der Waals surface area (Å²) in [6.07, 6.45) is 0. The lowest BCUT2D eigenvalue weighted by molar-refractivity contribution is -0.134. The summed E-state index contributed by atoms with van der Waals surface area (Å²) in [5.41, 5.74) is 2.76. The highest BCUT2D eigenvalue weighted by molar-refractivity contribution is 6.82. The molecule has 0 aliphatic heterocycles. The zero-order valence-electron chi connectivity index (χ0n) is 8.84. The van der Waals surface area contributed by atoms with Gasteiger partial charge in [-0.25, -0.2) is 9.18 Å². The van der Waals surface area contributed by atoms with Gasteiger partial charge in [-0.15, -0.1) is 0 Å². The minimum absolute atomic E-state index is 0.127. The largest absolute Gasteiger partial charge is 0.461 e. The van der Waals surface area contributed by atoms with E-state index in [0.717, 1.165) is 6.07 Å². The van der Waals surface area contributed by atoms with Crippen LogP contribution in [0.2, 0.25) is 5.02 Å². The molecule has 0 radical (unpaired) electrons. The van der Waals surface area contributed by atoms with Crippen LogP contribution in [0.4, 0.5) is 10.1 Å². The SMILES string of the molecule is CCOC(=O)C(Cl)=NNc1ccc(F)cc1Cl. The maximum Gasteiger partial charge on any atom is 0.370 e. The van der Waals surface area contributed by atoms with E-state index in [-0.39, 0.29) is 16.8 Å². The van der Waals surface area contributed by atoms with Gasteiger partial charge in [0.1, 0.15) is 5.82 Å². The number of anilines is 1. The van der Waals surface area contributed by atoms with Gasteiger partial charge in [-0.1, -0.05) is 23.2 Å². The molecule has 7 heteroatoms. The highest BCUT2D eigenvalue weighted by Crippen LogP contribution is 2.22. The van der Waals surface area contributed by atoms with Crippen LogP contribution in [0.3, 0.4) is 0 Å². The molecule has 0 unspecified atom stereocenters. The van der Waals surface area contributed by atoms with Gasteiger partial charge >= 0.3 is 5.97 Å². The first kappa shape index (κ1) is 13.7. The molecule has 92 valence electrons. The van der Waals surface area contributed by atoms with Gasteiger partial charge in [0.15, 0.2) is 0 Å². The quantitative estimate of drug-likeness (QED) is 0.523. The van der Waals surface area contributed by atoms with Gasteiger partial charge in [0.25, 0.3) is 0 Å². The zero-order chi connectivity index (χ0) is 12.8. The first-order valence-corrected chi connectivity index (χ1v) is 5.41. The summed E-state index contributed by atoms with van der Waals surface area (Å²) < 4.78 is 17.3. The number of nitrogens with zero attached hydrogens (tertiary/aromatic N) is 1. The second kappa shape index (κ2) is 6.42. The summed E-state index contributed by atoms with van der Waals surface area (Å²) >= 11 is 11.3. The van der Waals surface area contributed by atoms with E-state index in [9.17, 15) is 9.18 Å². The van der Waals surface area contributed by atoms with E-state index in [1.54, 1.807) is 6.92 Å². The number of halogens is 3. The van der Waals surface area contributed by atoms with Crippen LogP contribution in [0, 0.1) is 5.82 Å². The van der Waals surface area contributed by atoms with Crippen molar-refractivity contribution in [3.05, 3.63) is 29.0 Å². The molecule has 1 aromatic carbocycles. The molecule has 0 saturated carbocycles. The molecule has 0 atom stereocenters. The van der Waals surface area contributed by atoms with Crippen LogP contribution in [0.25, 0.3) is 0 Å². The fourth-order valence-electron chi connectivity index (χ4n) is 0.926. The lowest BCUT2D eigenvalue weighted by atomic mass is 10.3. The van der Waals surface area contributed by atoms with E-state index < -0.39 is 11.8 Å². The van der Waals surface area contributed by atoms with Crippen molar-refractivity contribution in [2.24, 2.45) is 5.10 Å². The monoisotopic (exact) mass is 278 g/mol. The van der Waals surface area contributed by atoms with Crippen LogP contribution >= 0.6 is 23.2 Å². The number of rotatable bonds is 4. The van der Waals surface area contributed by atoms with Gasteiger partial charge in [-0.2, -0.15) is 5.10 Å². The Morgan fingerprint density at radius 2 is 2.29 bits per heavy atom. The van der Waals surface area contributed by atoms with E-state index in [1.807, 2.05) is 0 Å². The number of carbonyl (C=O) groups excluding carboxylic acids is 1. The molecule has 0 saturated heterocycles. The van der Waals surface area contributed by atoms with Crippen molar-refractivity contribution in [3.63, 3.8) is 0 Å². The Morgan fingerprint density at radius 1 is 1.59 bits per heavy atom. The number of ether oxygens (including phenoxy) is 1. The van der Waals surface area contributed by atoms with Gasteiger partial charge in [0, 0.05) is 0 Å². The number of hydrogen-bond donors (Lipinski definition) is 1. The predicted molar refractivity (Wildman–Crippen MR) is 65.0 cm³/mol. The average Bonchev–Trinajstić information content (AvgIpc) is 2.27. The fourth-order valence-corrected chi connectivity index (χ4v) is 1.23. The molecule has 0 amide bonds. The molecule has 0 fully saturated rings. The van der Waals surface area contributed by atoms with E-state index in [4.69, 9.17) is 23.2 Å². The average molecular weight is 279 g/mol. The number of esters is 1. The Bertz CT molecular complexity index is 452. The zero-order valence-corrected chi connectivity index (χ0v) is 10.3. The minimum atomic E-state index is -0.750. The lowest BCUT2D eigenvalue weighted by Gasteiger charge is -2.04. The van der Waals surface area contributed by atoms with Gasteiger partial charge in [-0.3, -0.25) is 5.43 Å². The fraction of sp³-hybridized carbons (Fsp3) is 0.200. The van der Waals surface area contributed by atoms with Crippen molar-refractivity contribution in [3.8, 4) is 0 Å². The van der Waals surface area contributed by atoms with Crippen molar-refractivity contribution in [2.75, 3.05) is 12.0 Å².